The van der Waals surface area contributed by atoms with Crippen LogP contribution in [-0.2, 0) is 0 Å². The molecule has 3 rings (SSSR count). The van der Waals surface area contributed by atoms with Crippen LogP contribution in [0, 0.1) is 25.2 Å². The van der Waals surface area contributed by atoms with Gasteiger partial charge in [0.25, 0.3) is 11.8 Å². The lowest BCUT2D eigenvalue weighted by molar-refractivity contribution is 0.102. The van der Waals surface area contributed by atoms with Gasteiger partial charge >= 0.3 is 0 Å². The number of hydrogen-bond donors (Lipinski definition) is 2. The second-order valence-electron chi connectivity index (χ2n) is 6.29. The smallest absolute Gasteiger partial charge is 0.274 e. The zero-order valence-electron chi connectivity index (χ0n) is 15.5. The molecule has 6 heteroatoms. The molecule has 0 unspecified atom stereocenters. The van der Waals surface area contributed by atoms with Crippen LogP contribution in [0.25, 0.3) is 0 Å². The SMILES string of the molecule is Cc1ccc(NC(=O)c2ccnc(C(=O)Nc3ccccc3C#N)c2)cc1C. The van der Waals surface area contributed by atoms with Gasteiger partial charge in [-0.1, -0.05) is 18.2 Å². The predicted molar refractivity (Wildman–Crippen MR) is 107 cm³/mol. The number of aromatic nitrogens is 1. The lowest BCUT2D eigenvalue weighted by atomic mass is 10.1. The van der Waals surface area contributed by atoms with Gasteiger partial charge < -0.3 is 10.6 Å². The highest BCUT2D eigenvalue weighted by molar-refractivity contribution is 6.08. The average Bonchev–Trinajstić information content (AvgIpc) is 2.71. The number of carbonyl (C=O) groups is 2. The normalized spacial score (nSPS) is 10.0. The van der Waals surface area contributed by atoms with Gasteiger partial charge in [0.15, 0.2) is 0 Å². The minimum Gasteiger partial charge on any atom is -0.322 e. The maximum absolute atomic E-state index is 12.5. The van der Waals surface area contributed by atoms with Gasteiger partial charge in [0.05, 0.1) is 11.3 Å². The minimum absolute atomic E-state index is 0.0838. The lowest BCUT2D eigenvalue weighted by Gasteiger charge is -2.09. The van der Waals surface area contributed by atoms with Crippen molar-refractivity contribution in [3.05, 3.63) is 88.7 Å². The van der Waals surface area contributed by atoms with Crippen molar-refractivity contribution in [1.29, 1.82) is 5.26 Å². The van der Waals surface area contributed by atoms with Crippen molar-refractivity contribution >= 4 is 23.2 Å². The molecule has 0 radical (unpaired) electrons. The molecule has 6 nitrogen and oxygen atoms in total. The second kappa shape index (κ2) is 8.14. The minimum atomic E-state index is -0.497. The summed E-state index contributed by atoms with van der Waals surface area (Å²) >= 11 is 0. The van der Waals surface area contributed by atoms with Gasteiger partial charge in [-0.2, -0.15) is 5.26 Å². The van der Waals surface area contributed by atoms with E-state index in [1.807, 2.05) is 38.1 Å². The van der Waals surface area contributed by atoms with Crippen LogP contribution < -0.4 is 10.6 Å². The van der Waals surface area contributed by atoms with Crippen molar-refractivity contribution in [3.8, 4) is 6.07 Å². The Bertz CT molecular complexity index is 1100. The van der Waals surface area contributed by atoms with E-state index in [4.69, 9.17) is 5.26 Å². The standard InChI is InChI=1S/C22H18N4O2/c1-14-7-8-18(11-15(14)2)25-21(27)16-9-10-24-20(12-16)22(28)26-19-6-4-3-5-17(19)13-23/h3-12H,1-2H3,(H,25,27)(H,26,28). The summed E-state index contributed by atoms with van der Waals surface area (Å²) in [7, 11) is 0. The fourth-order valence-electron chi connectivity index (χ4n) is 2.59. The molecule has 1 aromatic heterocycles. The fourth-order valence-corrected chi connectivity index (χ4v) is 2.59. The van der Waals surface area contributed by atoms with E-state index in [9.17, 15) is 9.59 Å². The number of carbonyl (C=O) groups excluding carboxylic acids is 2. The highest BCUT2D eigenvalue weighted by Gasteiger charge is 2.14. The monoisotopic (exact) mass is 370 g/mol. The molecule has 2 aromatic carbocycles. The van der Waals surface area contributed by atoms with Crippen molar-refractivity contribution in [1.82, 2.24) is 4.98 Å². The third-order valence-electron chi connectivity index (χ3n) is 4.32. The quantitative estimate of drug-likeness (QED) is 0.723. The van der Waals surface area contributed by atoms with E-state index in [1.165, 1.54) is 18.3 Å². The number of nitrogens with one attached hydrogen (secondary N) is 2. The Labute approximate surface area is 162 Å². The van der Waals surface area contributed by atoms with E-state index in [0.29, 0.717) is 22.5 Å². The number of hydrogen-bond acceptors (Lipinski definition) is 4. The summed E-state index contributed by atoms with van der Waals surface area (Å²) in [5.74, 6) is -0.833. The number of benzene rings is 2. The number of anilines is 2. The molecule has 0 aliphatic heterocycles. The number of nitriles is 1. The summed E-state index contributed by atoms with van der Waals surface area (Å²) in [4.78, 5) is 29.0. The van der Waals surface area contributed by atoms with Crippen molar-refractivity contribution in [2.24, 2.45) is 0 Å². The summed E-state index contributed by atoms with van der Waals surface area (Å²) in [6.45, 7) is 3.97. The van der Waals surface area contributed by atoms with E-state index < -0.39 is 5.91 Å². The van der Waals surface area contributed by atoms with Crippen LogP contribution in [0.2, 0.25) is 0 Å². The Balaban J connectivity index is 1.77. The lowest BCUT2D eigenvalue weighted by Crippen LogP contribution is -2.17. The summed E-state index contributed by atoms with van der Waals surface area (Å²) < 4.78 is 0. The number of para-hydroxylation sites is 1. The second-order valence-corrected chi connectivity index (χ2v) is 6.29. The fraction of sp³-hybridized carbons (Fsp3) is 0.0909. The van der Waals surface area contributed by atoms with E-state index >= 15 is 0 Å². The molecule has 0 saturated carbocycles. The molecule has 0 bridgehead atoms. The summed E-state index contributed by atoms with van der Waals surface area (Å²) in [6.07, 6.45) is 1.40. The van der Waals surface area contributed by atoms with Gasteiger partial charge in [-0.25, -0.2) is 0 Å². The van der Waals surface area contributed by atoms with Crippen molar-refractivity contribution < 1.29 is 9.59 Å². The Morgan fingerprint density at radius 2 is 1.71 bits per heavy atom. The number of nitrogens with zero attached hydrogens (tertiary/aromatic N) is 2. The number of amides is 2. The zero-order valence-corrected chi connectivity index (χ0v) is 15.5. The molecule has 138 valence electrons. The van der Waals surface area contributed by atoms with Crippen LogP contribution in [0.15, 0.2) is 60.8 Å². The number of pyridine rings is 1. The Morgan fingerprint density at radius 1 is 0.929 bits per heavy atom. The van der Waals surface area contributed by atoms with Crippen molar-refractivity contribution in [3.63, 3.8) is 0 Å². The third kappa shape index (κ3) is 4.22. The summed E-state index contributed by atoms with van der Waals surface area (Å²) in [5.41, 5.74) is 4.02. The van der Waals surface area contributed by atoms with E-state index in [2.05, 4.69) is 15.6 Å². The van der Waals surface area contributed by atoms with Crippen LogP contribution in [0.1, 0.15) is 37.5 Å². The Hall–Kier alpha value is -3.98. The summed E-state index contributed by atoms with van der Waals surface area (Å²) in [6, 6.07) is 17.3. The van der Waals surface area contributed by atoms with Gasteiger partial charge in [-0.15, -0.1) is 0 Å². The molecule has 0 aliphatic rings. The molecular formula is C22H18N4O2. The van der Waals surface area contributed by atoms with E-state index in [-0.39, 0.29) is 11.6 Å². The molecule has 0 saturated heterocycles. The van der Waals surface area contributed by atoms with Crippen LogP contribution in [-0.4, -0.2) is 16.8 Å². The molecule has 0 atom stereocenters. The van der Waals surface area contributed by atoms with Crippen molar-refractivity contribution in [2.45, 2.75) is 13.8 Å². The zero-order chi connectivity index (χ0) is 20.1. The molecule has 1 heterocycles. The first-order valence-corrected chi connectivity index (χ1v) is 8.63. The maximum atomic E-state index is 12.5. The Kier molecular flexibility index (Phi) is 5.47. The predicted octanol–water partition coefficient (Wildman–Crippen LogP) is 4.07. The van der Waals surface area contributed by atoms with E-state index in [1.54, 1.807) is 24.3 Å². The van der Waals surface area contributed by atoms with Gasteiger partial charge in [-0.05, 0) is 61.4 Å². The molecule has 3 aromatic rings. The molecule has 28 heavy (non-hydrogen) atoms. The van der Waals surface area contributed by atoms with Gasteiger partial charge in [0, 0.05) is 17.4 Å². The first kappa shape index (κ1) is 18.8. The van der Waals surface area contributed by atoms with Gasteiger partial charge in [0.2, 0.25) is 0 Å². The number of aryl methyl sites for hydroxylation is 2. The highest BCUT2D eigenvalue weighted by Crippen LogP contribution is 2.17. The van der Waals surface area contributed by atoms with Crippen molar-refractivity contribution in [2.75, 3.05) is 10.6 Å². The maximum Gasteiger partial charge on any atom is 0.274 e. The molecular weight excluding hydrogens is 352 g/mol. The first-order valence-electron chi connectivity index (χ1n) is 8.63. The molecule has 0 aliphatic carbocycles. The van der Waals surface area contributed by atoms with Crippen LogP contribution >= 0.6 is 0 Å². The number of rotatable bonds is 4. The molecule has 2 amide bonds. The summed E-state index contributed by atoms with van der Waals surface area (Å²) in [5, 5.41) is 14.6. The average molecular weight is 370 g/mol. The molecule has 0 fully saturated rings. The largest absolute Gasteiger partial charge is 0.322 e. The van der Waals surface area contributed by atoms with E-state index in [0.717, 1.165) is 11.1 Å². The van der Waals surface area contributed by atoms with Crippen LogP contribution in [0.4, 0.5) is 11.4 Å². The van der Waals surface area contributed by atoms with Gasteiger partial charge in [-0.3, -0.25) is 14.6 Å². The van der Waals surface area contributed by atoms with Gasteiger partial charge in [0.1, 0.15) is 11.8 Å². The van der Waals surface area contributed by atoms with Crippen LogP contribution in [0.5, 0.6) is 0 Å². The molecule has 0 spiro atoms. The molecule has 2 N–H and O–H groups in total. The highest BCUT2D eigenvalue weighted by atomic mass is 16.2. The first-order chi connectivity index (χ1) is 13.5. The van der Waals surface area contributed by atoms with Crippen LogP contribution in [0.3, 0.4) is 0 Å². The Morgan fingerprint density at radius 3 is 2.46 bits per heavy atom. The topological polar surface area (TPSA) is 94.9 Å². The third-order valence-corrected chi connectivity index (χ3v) is 4.32.